The molecule has 0 amide bonds. The van der Waals surface area contributed by atoms with E-state index in [0.717, 1.165) is 22.9 Å². The van der Waals surface area contributed by atoms with Crippen molar-refractivity contribution in [2.75, 3.05) is 5.75 Å². The normalized spacial score (nSPS) is 11.9. The van der Waals surface area contributed by atoms with Crippen LogP contribution >= 0.6 is 11.8 Å². The molecule has 0 fully saturated rings. The molecule has 0 saturated carbocycles. The summed E-state index contributed by atoms with van der Waals surface area (Å²) < 4.78 is 36.2. The van der Waals surface area contributed by atoms with E-state index >= 15 is 0 Å². The van der Waals surface area contributed by atoms with Crippen molar-refractivity contribution in [1.82, 2.24) is 0 Å². The Balaban J connectivity index is 2.90. The molecule has 0 saturated heterocycles. The van der Waals surface area contributed by atoms with Crippen LogP contribution in [0.25, 0.3) is 0 Å². The number of rotatable bonds is 3. The van der Waals surface area contributed by atoms with Crippen LogP contribution in [-0.2, 0) is 6.61 Å². The lowest BCUT2D eigenvalue weighted by atomic mass is 10.0. The van der Waals surface area contributed by atoms with Crippen molar-refractivity contribution >= 4 is 11.8 Å². The second-order valence-corrected chi connectivity index (χ2v) is 4.56. The van der Waals surface area contributed by atoms with Crippen molar-refractivity contribution < 1.29 is 18.3 Å². The SMILES string of the molecule is Cc1ccc(SCC(F)(F)F)c(C)c1CO. The lowest BCUT2D eigenvalue weighted by Crippen LogP contribution is -2.11. The van der Waals surface area contributed by atoms with Crippen LogP contribution in [0.15, 0.2) is 17.0 Å². The van der Waals surface area contributed by atoms with E-state index in [4.69, 9.17) is 5.11 Å². The minimum atomic E-state index is -4.17. The average molecular weight is 250 g/mol. The topological polar surface area (TPSA) is 20.2 Å². The molecule has 0 heterocycles. The number of benzene rings is 1. The largest absolute Gasteiger partial charge is 0.398 e. The van der Waals surface area contributed by atoms with Crippen LogP contribution in [-0.4, -0.2) is 17.0 Å². The van der Waals surface area contributed by atoms with Gasteiger partial charge in [-0.05, 0) is 36.6 Å². The van der Waals surface area contributed by atoms with Gasteiger partial charge in [-0.15, -0.1) is 11.8 Å². The summed E-state index contributed by atoms with van der Waals surface area (Å²) in [6.45, 7) is 3.42. The smallest absolute Gasteiger partial charge is 0.392 e. The van der Waals surface area contributed by atoms with Crippen LogP contribution < -0.4 is 0 Å². The van der Waals surface area contributed by atoms with Gasteiger partial charge >= 0.3 is 6.18 Å². The molecule has 1 aromatic carbocycles. The number of thioether (sulfide) groups is 1. The summed E-state index contributed by atoms with van der Waals surface area (Å²) in [5.41, 5.74) is 2.35. The number of alkyl halides is 3. The second-order valence-electron chi connectivity index (χ2n) is 3.55. The van der Waals surface area contributed by atoms with Gasteiger partial charge in [0.05, 0.1) is 12.4 Å². The van der Waals surface area contributed by atoms with Gasteiger partial charge in [0.15, 0.2) is 0 Å². The van der Waals surface area contributed by atoms with E-state index in [-0.39, 0.29) is 6.61 Å². The van der Waals surface area contributed by atoms with Gasteiger partial charge in [-0.3, -0.25) is 0 Å². The molecular formula is C11H13F3OS. The Labute approximate surface area is 96.7 Å². The van der Waals surface area contributed by atoms with E-state index in [0.29, 0.717) is 10.5 Å². The molecule has 1 aromatic rings. The Morgan fingerprint density at radius 3 is 2.38 bits per heavy atom. The summed E-state index contributed by atoms with van der Waals surface area (Å²) in [4.78, 5) is 0.576. The summed E-state index contributed by atoms with van der Waals surface area (Å²) in [5.74, 6) is -0.901. The van der Waals surface area contributed by atoms with Gasteiger partial charge < -0.3 is 5.11 Å². The fraction of sp³-hybridized carbons (Fsp3) is 0.455. The Hall–Kier alpha value is -0.680. The molecule has 0 spiro atoms. The van der Waals surface area contributed by atoms with Crippen LogP contribution in [0.4, 0.5) is 13.2 Å². The van der Waals surface area contributed by atoms with Crippen molar-refractivity contribution in [3.8, 4) is 0 Å². The maximum Gasteiger partial charge on any atom is 0.398 e. The highest BCUT2D eigenvalue weighted by Crippen LogP contribution is 2.31. The first-order valence-electron chi connectivity index (χ1n) is 4.74. The van der Waals surface area contributed by atoms with Crippen molar-refractivity contribution in [3.63, 3.8) is 0 Å². The van der Waals surface area contributed by atoms with Crippen LogP contribution in [0.2, 0.25) is 0 Å². The van der Waals surface area contributed by atoms with Crippen molar-refractivity contribution in [2.45, 2.75) is 31.5 Å². The minimum absolute atomic E-state index is 0.141. The quantitative estimate of drug-likeness (QED) is 0.829. The monoisotopic (exact) mass is 250 g/mol. The molecule has 1 N–H and O–H groups in total. The zero-order valence-corrected chi connectivity index (χ0v) is 9.87. The van der Waals surface area contributed by atoms with E-state index in [2.05, 4.69) is 0 Å². The molecule has 16 heavy (non-hydrogen) atoms. The van der Waals surface area contributed by atoms with Gasteiger partial charge in [0.2, 0.25) is 0 Å². The third kappa shape index (κ3) is 3.42. The number of aliphatic hydroxyl groups excluding tert-OH is 1. The third-order valence-electron chi connectivity index (χ3n) is 2.33. The molecule has 0 atom stereocenters. The Kier molecular flexibility index (Phi) is 4.27. The molecule has 0 aliphatic heterocycles. The number of halogens is 3. The molecule has 0 bridgehead atoms. The highest BCUT2D eigenvalue weighted by molar-refractivity contribution is 7.99. The van der Waals surface area contributed by atoms with E-state index in [1.165, 1.54) is 0 Å². The Morgan fingerprint density at radius 2 is 1.88 bits per heavy atom. The average Bonchev–Trinajstić information content (AvgIpc) is 2.16. The molecule has 1 nitrogen and oxygen atoms in total. The molecule has 0 radical (unpaired) electrons. The zero-order chi connectivity index (χ0) is 12.3. The second kappa shape index (κ2) is 5.10. The molecule has 0 unspecified atom stereocenters. The molecule has 90 valence electrons. The fourth-order valence-corrected chi connectivity index (χ4v) is 2.25. The Morgan fingerprint density at radius 1 is 1.25 bits per heavy atom. The van der Waals surface area contributed by atoms with Crippen molar-refractivity contribution in [3.05, 3.63) is 28.8 Å². The zero-order valence-electron chi connectivity index (χ0n) is 9.06. The summed E-state index contributed by atoms with van der Waals surface area (Å²) in [7, 11) is 0. The summed E-state index contributed by atoms with van der Waals surface area (Å²) in [5, 5.41) is 9.12. The molecule has 0 aromatic heterocycles. The lowest BCUT2D eigenvalue weighted by molar-refractivity contribution is -0.105. The number of hydrogen-bond acceptors (Lipinski definition) is 2. The predicted octanol–water partition coefficient (Wildman–Crippen LogP) is 3.45. The molecule has 1 rings (SSSR count). The minimum Gasteiger partial charge on any atom is -0.392 e. The van der Waals surface area contributed by atoms with E-state index < -0.39 is 11.9 Å². The molecule has 0 aliphatic carbocycles. The van der Waals surface area contributed by atoms with Crippen LogP contribution in [0, 0.1) is 13.8 Å². The van der Waals surface area contributed by atoms with Gasteiger partial charge in [0.1, 0.15) is 0 Å². The van der Waals surface area contributed by atoms with E-state index in [9.17, 15) is 13.2 Å². The highest BCUT2D eigenvalue weighted by atomic mass is 32.2. The third-order valence-corrected chi connectivity index (χ3v) is 3.56. The molecular weight excluding hydrogens is 237 g/mol. The van der Waals surface area contributed by atoms with Crippen molar-refractivity contribution in [2.24, 2.45) is 0 Å². The predicted molar refractivity (Wildman–Crippen MR) is 58.6 cm³/mol. The number of hydrogen-bond donors (Lipinski definition) is 1. The van der Waals surface area contributed by atoms with Crippen LogP contribution in [0.1, 0.15) is 16.7 Å². The maximum atomic E-state index is 12.1. The Bertz CT molecular complexity index is 374. The van der Waals surface area contributed by atoms with Gasteiger partial charge in [-0.1, -0.05) is 6.07 Å². The first kappa shape index (κ1) is 13.4. The van der Waals surface area contributed by atoms with Crippen LogP contribution in [0.3, 0.4) is 0 Å². The first-order valence-corrected chi connectivity index (χ1v) is 5.73. The van der Waals surface area contributed by atoms with Crippen LogP contribution in [0.5, 0.6) is 0 Å². The highest BCUT2D eigenvalue weighted by Gasteiger charge is 2.27. The standard InChI is InChI=1S/C11H13F3OS/c1-7-3-4-10(8(2)9(7)5-15)16-6-11(12,13)14/h3-4,15H,5-6H2,1-2H3. The molecule has 5 heteroatoms. The number of aryl methyl sites for hydroxylation is 1. The van der Waals surface area contributed by atoms with Gasteiger partial charge in [-0.25, -0.2) is 0 Å². The van der Waals surface area contributed by atoms with Gasteiger partial charge in [-0.2, -0.15) is 13.2 Å². The van der Waals surface area contributed by atoms with E-state index in [1.807, 2.05) is 6.92 Å². The lowest BCUT2D eigenvalue weighted by Gasteiger charge is -2.13. The number of aliphatic hydroxyl groups is 1. The summed E-state index contributed by atoms with van der Waals surface area (Å²) in [6, 6.07) is 3.40. The van der Waals surface area contributed by atoms with Crippen molar-refractivity contribution in [1.29, 1.82) is 0 Å². The summed E-state index contributed by atoms with van der Waals surface area (Å²) in [6.07, 6.45) is -4.17. The van der Waals surface area contributed by atoms with E-state index in [1.54, 1.807) is 19.1 Å². The molecule has 0 aliphatic rings. The summed E-state index contributed by atoms with van der Waals surface area (Å²) >= 11 is 0.756. The van der Waals surface area contributed by atoms with Gasteiger partial charge in [0.25, 0.3) is 0 Å². The maximum absolute atomic E-state index is 12.1. The first-order chi connectivity index (χ1) is 7.35. The van der Waals surface area contributed by atoms with Gasteiger partial charge in [0, 0.05) is 4.90 Å². The fourth-order valence-electron chi connectivity index (χ4n) is 1.43.